The zero-order valence-corrected chi connectivity index (χ0v) is 14.3. The van der Waals surface area contributed by atoms with Crippen molar-refractivity contribution in [1.82, 2.24) is 15.0 Å². The Bertz CT molecular complexity index is 928. The zero-order valence-electron chi connectivity index (χ0n) is 14.3. The van der Waals surface area contributed by atoms with Gasteiger partial charge >= 0.3 is 11.6 Å². The summed E-state index contributed by atoms with van der Waals surface area (Å²) in [5.74, 6) is 0.793. The van der Waals surface area contributed by atoms with Crippen molar-refractivity contribution in [3.05, 3.63) is 70.2 Å². The molecule has 26 heavy (non-hydrogen) atoms. The monoisotopic (exact) mass is 351 g/mol. The first kappa shape index (κ1) is 17.3. The van der Waals surface area contributed by atoms with Crippen LogP contribution in [-0.4, -0.2) is 19.9 Å². The summed E-state index contributed by atoms with van der Waals surface area (Å²) in [7, 11) is 0. The molecule has 1 N–H and O–H groups in total. The molecule has 0 radical (unpaired) electrons. The average Bonchev–Trinajstić information content (AvgIpc) is 2.62. The van der Waals surface area contributed by atoms with Crippen LogP contribution in [0.5, 0.6) is 11.6 Å². The van der Waals surface area contributed by atoms with Gasteiger partial charge in [0.1, 0.15) is 17.9 Å². The van der Waals surface area contributed by atoms with Gasteiger partial charge in [-0.1, -0.05) is 19.1 Å². The molecule has 0 aliphatic heterocycles. The number of anilines is 2. The number of hydrogen-bond acceptors (Lipinski definition) is 7. The first-order chi connectivity index (χ1) is 12.6. The maximum atomic E-state index is 11.6. The molecule has 3 rings (SSSR count). The number of aryl methyl sites for hydroxylation is 2. The number of aromatic nitrogens is 3. The molecule has 1 aromatic carbocycles. The van der Waals surface area contributed by atoms with E-state index in [0.29, 0.717) is 11.6 Å². The van der Waals surface area contributed by atoms with Crippen LogP contribution in [-0.2, 0) is 6.42 Å². The quantitative estimate of drug-likeness (QED) is 0.524. The second-order valence-electron chi connectivity index (χ2n) is 5.58. The maximum absolute atomic E-state index is 11.6. The van der Waals surface area contributed by atoms with Crippen molar-refractivity contribution in [3.8, 4) is 11.6 Å². The second-order valence-corrected chi connectivity index (χ2v) is 5.58. The van der Waals surface area contributed by atoms with Gasteiger partial charge in [-0.3, -0.25) is 10.1 Å². The Kier molecular flexibility index (Phi) is 5.02. The van der Waals surface area contributed by atoms with Crippen molar-refractivity contribution in [1.29, 1.82) is 0 Å². The molecule has 132 valence electrons. The lowest BCUT2D eigenvalue weighted by atomic mass is 10.2. The van der Waals surface area contributed by atoms with E-state index in [0.717, 1.165) is 17.5 Å². The van der Waals surface area contributed by atoms with E-state index in [2.05, 4.69) is 20.3 Å². The molecule has 0 saturated heterocycles. The predicted octanol–water partition coefficient (Wildman–Crippen LogP) is 4.19. The number of ether oxygens (including phenoxy) is 1. The number of benzene rings is 1. The lowest BCUT2D eigenvalue weighted by Gasteiger charge is -2.09. The average molecular weight is 351 g/mol. The molecule has 8 nitrogen and oxygen atoms in total. The normalized spacial score (nSPS) is 10.4. The summed E-state index contributed by atoms with van der Waals surface area (Å²) in [6, 6.07) is 10.9. The number of nitro groups is 1. The molecule has 0 atom stereocenters. The van der Waals surface area contributed by atoms with E-state index in [-0.39, 0.29) is 17.4 Å². The minimum absolute atomic E-state index is 0.0169. The van der Waals surface area contributed by atoms with Crippen LogP contribution in [0.4, 0.5) is 17.3 Å². The van der Waals surface area contributed by atoms with Crippen LogP contribution in [0.1, 0.15) is 18.1 Å². The smallest absolute Gasteiger partial charge is 0.373 e. The lowest BCUT2D eigenvalue weighted by Crippen LogP contribution is -2.04. The first-order valence-electron chi connectivity index (χ1n) is 8.02. The summed E-state index contributed by atoms with van der Waals surface area (Å²) >= 11 is 0. The molecule has 0 bridgehead atoms. The van der Waals surface area contributed by atoms with E-state index < -0.39 is 4.92 Å². The van der Waals surface area contributed by atoms with Crippen LogP contribution in [0.25, 0.3) is 0 Å². The number of nitrogens with one attached hydrogen (secondary N) is 1. The van der Waals surface area contributed by atoms with E-state index in [4.69, 9.17) is 4.74 Å². The first-order valence-corrected chi connectivity index (χ1v) is 8.02. The molecule has 0 spiro atoms. The summed E-state index contributed by atoms with van der Waals surface area (Å²) in [6.07, 6.45) is 3.71. The van der Waals surface area contributed by atoms with Gasteiger partial charge in [-0.2, -0.15) is 4.98 Å². The summed E-state index contributed by atoms with van der Waals surface area (Å²) in [6.45, 7) is 3.94. The van der Waals surface area contributed by atoms with Crippen molar-refractivity contribution in [3.63, 3.8) is 0 Å². The van der Waals surface area contributed by atoms with E-state index >= 15 is 0 Å². The van der Waals surface area contributed by atoms with Gasteiger partial charge in [0.25, 0.3) is 0 Å². The van der Waals surface area contributed by atoms with Crippen LogP contribution in [0.15, 0.2) is 48.9 Å². The van der Waals surface area contributed by atoms with Gasteiger partial charge < -0.3 is 10.1 Å². The number of rotatable bonds is 6. The highest BCUT2D eigenvalue weighted by Crippen LogP contribution is 2.35. The Labute approximate surface area is 150 Å². The van der Waals surface area contributed by atoms with Gasteiger partial charge in [0.2, 0.25) is 5.82 Å². The third-order valence-corrected chi connectivity index (χ3v) is 3.68. The molecular formula is C18H17N5O3. The van der Waals surface area contributed by atoms with Gasteiger partial charge in [-0.05, 0) is 48.7 Å². The van der Waals surface area contributed by atoms with Crippen molar-refractivity contribution >= 4 is 17.3 Å². The highest BCUT2D eigenvalue weighted by molar-refractivity contribution is 5.67. The highest BCUT2D eigenvalue weighted by Gasteiger charge is 2.25. The molecule has 0 amide bonds. The van der Waals surface area contributed by atoms with Crippen molar-refractivity contribution < 1.29 is 9.66 Å². The molecule has 0 aliphatic carbocycles. The van der Waals surface area contributed by atoms with Crippen LogP contribution in [0.2, 0.25) is 0 Å². The standard InChI is InChI=1S/C18H17N5O3/c1-3-13-4-6-14(7-5-13)26-18-16(23(24)25)17(20-11-21-18)22-15-10-12(2)8-9-19-15/h4-11H,3H2,1-2H3,(H,19,20,21,22). The second kappa shape index (κ2) is 7.56. The molecule has 8 heteroatoms. The Morgan fingerprint density at radius 3 is 2.58 bits per heavy atom. The molecule has 0 saturated carbocycles. The topological polar surface area (TPSA) is 103 Å². The van der Waals surface area contributed by atoms with E-state index in [1.807, 2.05) is 32.0 Å². The molecule has 2 heterocycles. The van der Waals surface area contributed by atoms with Crippen molar-refractivity contribution in [2.45, 2.75) is 20.3 Å². The zero-order chi connectivity index (χ0) is 18.5. The Hall–Kier alpha value is -3.55. The number of nitrogens with zero attached hydrogens (tertiary/aromatic N) is 4. The van der Waals surface area contributed by atoms with Crippen LogP contribution < -0.4 is 10.1 Å². The Morgan fingerprint density at radius 2 is 1.92 bits per heavy atom. The fourth-order valence-corrected chi connectivity index (χ4v) is 2.32. The maximum Gasteiger partial charge on any atom is 0.373 e. The molecular weight excluding hydrogens is 334 g/mol. The largest absolute Gasteiger partial charge is 0.434 e. The van der Waals surface area contributed by atoms with Crippen LogP contribution >= 0.6 is 0 Å². The fraction of sp³-hybridized carbons (Fsp3) is 0.167. The minimum Gasteiger partial charge on any atom is -0.434 e. The number of hydrogen-bond donors (Lipinski definition) is 1. The van der Waals surface area contributed by atoms with Crippen molar-refractivity contribution in [2.75, 3.05) is 5.32 Å². The highest BCUT2D eigenvalue weighted by atomic mass is 16.6. The molecule has 0 aliphatic rings. The Balaban J connectivity index is 1.93. The lowest BCUT2D eigenvalue weighted by molar-refractivity contribution is -0.385. The van der Waals surface area contributed by atoms with E-state index in [9.17, 15) is 10.1 Å². The molecule has 2 aromatic heterocycles. The van der Waals surface area contributed by atoms with Crippen molar-refractivity contribution in [2.24, 2.45) is 0 Å². The summed E-state index contributed by atoms with van der Waals surface area (Å²) < 4.78 is 5.62. The summed E-state index contributed by atoms with van der Waals surface area (Å²) in [4.78, 5) is 23.0. The molecule has 0 unspecified atom stereocenters. The van der Waals surface area contributed by atoms with Gasteiger partial charge in [-0.25, -0.2) is 9.97 Å². The molecule has 0 fully saturated rings. The SMILES string of the molecule is CCc1ccc(Oc2ncnc(Nc3cc(C)ccn3)c2[N+](=O)[O-])cc1. The summed E-state index contributed by atoms with van der Waals surface area (Å²) in [5, 5.41) is 14.4. The van der Waals surface area contributed by atoms with E-state index in [1.165, 1.54) is 6.33 Å². The van der Waals surface area contributed by atoms with Gasteiger partial charge in [0.05, 0.1) is 4.92 Å². The third-order valence-electron chi connectivity index (χ3n) is 3.68. The molecule has 3 aromatic rings. The van der Waals surface area contributed by atoms with Crippen LogP contribution in [0.3, 0.4) is 0 Å². The van der Waals surface area contributed by atoms with Crippen LogP contribution in [0, 0.1) is 17.0 Å². The Morgan fingerprint density at radius 1 is 1.15 bits per heavy atom. The fourth-order valence-electron chi connectivity index (χ4n) is 2.32. The van der Waals surface area contributed by atoms with Gasteiger partial charge in [-0.15, -0.1) is 0 Å². The van der Waals surface area contributed by atoms with E-state index in [1.54, 1.807) is 24.4 Å². The summed E-state index contributed by atoms with van der Waals surface area (Å²) in [5.41, 5.74) is 1.75. The predicted molar refractivity (Wildman–Crippen MR) is 96.8 cm³/mol. The minimum atomic E-state index is -0.576. The van der Waals surface area contributed by atoms with Gasteiger partial charge in [0, 0.05) is 6.20 Å². The third kappa shape index (κ3) is 3.92. The van der Waals surface area contributed by atoms with Gasteiger partial charge in [0.15, 0.2) is 0 Å². The number of pyridine rings is 1.